The van der Waals surface area contributed by atoms with Crippen molar-refractivity contribution in [3.63, 3.8) is 0 Å². The second-order valence-corrected chi connectivity index (χ2v) is 6.73. The van der Waals surface area contributed by atoms with Gasteiger partial charge in [-0.3, -0.25) is 0 Å². The van der Waals surface area contributed by atoms with Gasteiger partial charge in [-0.05, 0) is 57.5 Å². The fraction of sp³-hybridized carbons (Fsp3) is 0.333. The molecular formula is C18H22N4S. The van der Waals surface area contributed by atoms with Crippen molar-refractivity contribution >= 4 is 38.7 Å². The van der Waals surface area contributed by atoms with Gasteiger partial charge in [-0.2, -0.15) is 0 Å². The average molecular weight is 326 g/mol. The van der Waals surface area contributed by atoms with Crippen molar-refractivity contribution < 1.29 is 0 Å². The molecule has 0 saturated carbocycles. The van der Waals surface area contributed by atoms with Gasteiger partial charge in [0.2, 0.25) is 0 Å². The Morgan fingerprint density at radius 2 is 1.74 bits per heavy atom. The molecule has 3 aromatic rings. The van der Waals surface area contributed by atoms with Crippen molar-refractivity contribution in [2.75, 3.05) is 23.3 Å². The van der Waals surface area contributed by atoms with E-state index in [1.54, 1.807) is 17.7 Å². The number of aryl methyl sites for hydroxylation is 2. The lowest BCUT2D eigenvalue weighted by Gasteiger charge is -2.21. The molecule has 0 spiro atoms. The number of fused-ring (bicyclic) bond motifs is 1. The zero-order valence-corrected chi connectivity index (χ0v) is 14.9. The summed E-state index contributed by atoms with van der Waals surface area (Å²) in [6.45, 7) is 10.6. The van der Waals surface area contributed by atoms with Crippen LogP contribution >= 0.6 is 11.3 Å². The summed E-state index contributed by atoms with van der Waals surface area (Å²) in [7, 11) is 0. The predicted molar refractivity (Wildman–Crippen MR) is 100 cm³/mol. The molecule has 0 amide bonds. The molecule has 0 radical (unpaired) electrons. The lowest BCUT2D eigenvalue weighted by atomic mass is 10.2. The molecule has 1 aromatic carbocycles. The first-order valence-corrected chi connectivity index (χ1v) is 8.78. The first-order valence-electron chi connectivity index (χ1n) is 7.96. The van der Waals surface area contributed by atoms with Crippen molar-refractivity contribution in [1.29, 1.82) is 0 Å². The predicted octanol–water partition coefficient (Wildman–Crippen LogP) is 4.90. The van der Waals surface area contributed by atoms with E-state index in [4.69, 9.17) is 0 Å². The zero-order valence-electron chi connectivity index (χ0n) is 14.1. The fourth-order valence-corrected chi connectivity index (χ4v) is 3.76. The molecule has 0 aliphatic heterocycles. The number of aromatic nitrogens is 2. The Morgan fingerprint density at radius 1 is 1.04 bits per heavy atom. The highest BCUT2D eigenvalue weighted by Gasteiger charge is 2.12. The van der Waals surface area contributed by atoms with Gasteiger partial charge in [0.05, 0.1) is 5.39 Å². The van der Waals surface area contributed by atoms with E-state index < -0.39 is 0 Å². The Morgan fingerprint density at radius 3 is 2.39 bits per heavy atom. The summed E-state index contributed by atoms with van der Waals surface area (Å²) in [5.74, 6) is 0.882. The number of anilines is 3. The Kier molecular flexibility index (Phi) is 4.48. The van der Waals surface area contributed by atoms with Crippen LogP contribution in [0.3, 0.4) is 0 Å². The third-order valence-corrected chi connectivity index (χ3v) is 5.34. The number of rotatable bonds is 5. The minimum atomic E-state index is 0.882. The Labute approximate surface area is 141 Å². The van der Waals surface area contributed by atoms with Crippen molar-refractivity contribution in [2.24, 2.45) is 0 Å². The molecule has 4 nitrogen and oxygen atoms in total. The summed E-state index contributed by atoms with van der Waals surface area (Å²) in [6.07, 6.45) is 1.63. The number of nitrogens with one attached hydrogen (secondary N) is 1. The number of benzene rings is 1. The number of hydrogen-bond donors (Lipinski definition) is 1. The van der Waals surface area contributed by atoms with Crippen molar-refractivity contribution in [2.45, 2.75) is 27.7 Å². The van der Waals surface area contributed by atoms with E-state index >= 15 is 0 Å². The highest BCUT2D eigenvalue weighted by Crippen LogP contribution is 2.33. The molecule has 3 rings (SSSR count). The molecule has 0 saturated heterocycles. The standard InChI is InChI=1S/C18H22N4S/c1-5-22(6-2)15-9-7-14(8-10-15)21-17-16-12(3)13(4)23-18(16)20-11-19-17/h7-11H,5-6H2,1-4H3,(H,19,20,21). The molecule has 5 heteroatoms. The summed E-state index contributed by atoms with van der Waals surface area (Å²) in [4.78, 5) is 13.5. The monoisotopic (exact) mass is 326 g/mol. The van der Waals surface area contributed by atoms with E-state index in [1.807, 2.05) is 0 Å². The van der Waals surface area contributed by atoms with Crippen LogP contribution in [0.15, 0.2) is 30.6 Å². The maximum atomic E-state index is 4.44. The molecule has 2 heterocycles. The highest BCUT2D eigenvalue weighted by atomic mass is 32.1. The van der Waals surface area contributed by atoms with E-state index in [2.05, 4.69) is 72.1 Å². The third-order valence-electron chi connectivity index (χ3n) is 4.22. The van der Waals surface area contributed by atoms with Crippen LogP contribution in [0, 0.1) is 13.8 Å². The Bertz CT molecular complexity index is 804. The van der Waals surface area contributed by atoms with Crippen molar-refractivity contribution in [1.82, 2.24) is 9.97 Å². The minimum Gasteiger partial charge on any atom is -0.372 e. The first-order chi connectivity index (χ1) is 11.1. The van der Waals surface area contributed by atoms with Crippen LogP contribution < -0.4 is 10.2 Å². The lowest BCUT2D eigenvalue weighted by Crippen LogP contribution is -2.21. The van der Waals surface area contributed by atoms with E-state index in [1.165, 1.54) is 16.1 Å². The van der Waals surface area contributed by atoms with E-state index in [0.29, 0.717) is 0 Å². The normalized spacial score (nSPS) is 11.0. The van der Waals surface area contributed by atoms with Crippen LogP contribution in [0.5, 0.6) is 0 Å². The number of thiophene rings is 1. The Balaban J connectivity index is 1.90. The third kappa shape index (κ3) is 3.01. The lowest BCUT2D eigenvalue weighted by molar-refractivity contribution is 0.866. The summed E-state index contributed by atoms with van der Waals surface area (Å²) in [5.41, 5.74) is 3.55. The quantitative estimate of drug-likeness (QED) is 0.724. The van der Waals surface area contributed by atoms with Crippen molar-refractivity contribution in [3.05, 3.63) is 41.0 Å². The van der Waals surface area contributed by atoms with Gasteiger partial charge >= 0.3 is 0 Å². The van der Waals surface area contributed by atoms with E-state index in [0.717, 1.165) is 34.8 Å². The molecule has 0 fully saturated rings. The molecular weight excluding hydrogens is 304 g/mol. The average Bonchev–Trinajstić information content (AvgIpc) is 2.86. The zero-order chi connectivity index (χ0) is 16.4. The van der Waals surface area contributed by atoms with Gasteiger partial charge in [-0.15, -0.1) is 11.3 Å². The van der Waals surface area contributed by atoms with E-state index in [9.17, 15) is 0 Å². The van der Waals surface area contributed by atoms with Crippen LogP contribution in [-0.4, -0.2) is 23.1 Å². The molecule has 0 bridgehead atoms. The summed E-state index contributed by atoms with van der Waals surface area (Å²) < 4.78 is 0. The van der Waals surface area contributed by atoms with Gasteiger partial charge in [-0.1, -0.05) is 0 Å². The molecule has 0 atom stereocenters. The van der Waals surface area contributed by atoms with Gasteiger partial charge in [0.25, 0.3) is 0 Å². The maximum Gasteiger partial charge on any atom is 0.142 e. The van der Waals surface area contributed by atoms with Gasteiger partial charge in [0.15, 0.2) is 0 Å². The summed E-state index contributed by atoms with van der Waals surface area (Å²) in [5, 5.41) is 4.57. The van der Waals surface area contributed by atoms with Crippen LogP contribution in [0.25, 0.3) is 10.2 Å². The first kappa shape index (κ1) is 15.7. The molecule has 2 aromatic heterocycles. The maximum absolute atomic E-state index is 4.44. The SMILES string of the molecule is CCN(CC)c1ccc(Nc2ncnc3sc(C)c(C)c23)cc1. The number of hydrogen-bond acceptors (Lipinski definition) is 5. The molecule has 0 unspecified atom stereocenters. The molecule has 23 heavy (non-hydrogen) atoms. The fourth-order valence-electron chi connectivity index (χ4n) is 2.76. The van der Waals surface area contributed by atoms with Crippen molar-refractivity contribution in [3.8, 4) is 0 Å². The van der Waals surface area contributed by atoms with Gasteiger partial charge < -0.3 is 10.2 Å². The highest BCUT2D eigenvalue weighted by molar-refractivity contribution is 7.18. The van der Waals surface area contributed by atoms with Crippen LogP contribution in [0.4, 0.5) is 17.2 Å². The molecule has 0 aliphatic rings. The van der Waals surface area contributed by atoms with E-state index in [-0.39, 0.29) is 0 Å². The number of nitrogens with zero attached hydrogens (tertiary/aromatic N) is 3. The second kappa shape index (κ2) is 6.54. The van der Waals surface area contributed by atoms with Crippen LogP contribution in [-0.2, 0) is 0 Å². The Hall–Kier alpha value is -2.14. The second-order valence-electron chi connectivity index (χ2n) is 5.53. The molecule has 0 aliphatic carbocycles. The summed E-state index contributed by atoms with van der Waals surface area (Å²) >= 11 is 1.72. The van der Waals surface area contributed by atoms with Crippen LogP contribution in [0.1, 0.15) is 24.3 Å². The topological polar surface area (TPSA) is 41.0 Å². The molecule has 120 valence electrons. The van der Waals surface area contributed by atoms with Gasteiger partial charge in [0, 0.05) is 29.3 Å². The van der Waals surface area contributed by atoms with Crippen LogP contribution in [0.2, 0.25) is 0 Å². The molecule has 1 N–H and O–H groups in total. The summed E-state index contributed by atoms with van der Waals surface area (Å²) in [6, 6.07) is 8.52. The minimum absolute atomic E-state index is 0.882. The van der Waals surface area contributed by atoms with Gasteiger partial charge in [-0.25, -0.2) is 9.97 Å². The largest absolute Gasteiger partial charge is 0.372 e. The smallest absolute Gasteiger partial charge is 0.142 e. The van der Waals surface area contributed by atoms with Gasteiger partial charge in [0.1, 0.15) is 17.0 Å².